The summed E-state index contributed by atoms with van der Waals surface area (Å²) in [7, 11) is 5.74. The lowest BCUT2D eigenvalue weighted by Crippen LogP contribution is -2.44. The van der Waals surface area contributed by atoms with Crippen LogP contribution in [0.5, 0.6) is 0 Å². The molecule has 1 unspecified atom stereocenters. The van der Waals surface area contributed by atoms with Crippen molar-refractivity contribution in [2.24, 2.45) is 10.7 Å². The Balaban J connectivity index is 4.14. The van der Waals surface area contributed by atoms with Crippen molar-refractivity contribution in [3.8, 4) is 0 Å². The van der Waals surface area contributed by atoms with Crippen LogP contribution < -0.4 is 11.1 Å². The third kappa shape index (κ3) is 5.92. The third-order valence-corrected chi connectivity index (χ3v) is 2.66. The lowest BCUT2D eigenvalue weighted by molar-refractivity contribution is 0.179. The normalized spacial score (nSPS) is 15.3. The standard InChI is InChI=1S/C11H26N4O/c1-9(7-16-6)14-10(12)13-8-11(2,3)15(4)5/h9H,7-8H2,1-6H3,(H3,12,13,14). The first-order valence-corrected chi connectivity index (χ1v) is 5.52. The number of rotatable bonds is 6. The minimum atomic E-state index is 0.0107. The number of nitrogens with two attached hydrogens (primary N) is 1. The monoisotopic (exact) mass is 230 g/mol. The summed E-state index contributed by atoms with van der Waals surface area (Å²) >= 11 is 0. The van der Waals surface area contributed by atoms with E-state index in [0.29, 0.717) is 19.1 Å². The lowest BCUT2D eigenvalue weighted by Gasteiger charge is -2.30. The Hall–Kier alpha value is -0.810. The van der Waals surface area contributed by atoms with Crippen molar-refractivity contribution in [2.75, 3.05) is 34.4 Å². The largest absolute Gasteiger partial charge is 0.383 e. The van der Waals surface area contributed by atoms with E-state index >= 15 is 0 Å². The Kier molecular flexibility index (Phi) is 6.36. The van der Waals surface area contributed by atoms with Gasteiger partial charge in [-0.25, -0.2) is 0 Å². The van der Waals surface area contributed by atoms with E-state index in [-0.39, 0.29) is 11.6 Å². The van der Waals surface area contributed by atoms with Gasteiger partial charge in [-0.3, -0.25) is 4.99 Å². The zero-order chi connectivity index (χ0) is 12.8. The fraction of sp³-hybridized carbons (Fsp3) is 0.909. The van der Waals surface area contributed by atoms with E-state index in [1.807, 2.05) is 21.0 Å². The van der Waals surface area contributed by atoms with Crippen molar-refractivity contribution < 1.29 is 4.74 Å². The number of guanidine groups is 1. The van der Waals surface area contributed by atoms with Crippen molar-refractivity contribution in [3.05, 3.63) is 0 Å². The van der Waals surface area contributed by atoms with Gasteiger partial charge in [0.25, 0.3) is 0 Å². The first-order valence-electron chi connectivity index (χ1n) is 5.52. The fourth-order valence-corrected chi connectivity index (χ4v) is 1.01. The molecule has 0 saturated carbocycles. The molecule has 0 amide bonds. The SMILES string of the molecule is COCC(C)NC(N)=NCC(C)(C)N(C)C. The summed E-state index contributed by atoms with van der Waals surface area (Å²) in [5.74, 6) is 0.472. The van der Waals surface area contributed by atoms with Crippen LogP contribution in [0.4, 0.5) is 0 Å². The summed E-state index contributed by atoms with van der Waals surface area (Å²) in [6.07, 6.45) is 0. The van der Waals surface area contributed by atoms with Crippen LogP contribution in [0.1, 0.15) is 20.8 Å². The van der Waals surface area contributed by atoms with Crippen molar-refractivity contribution >= 4 is 5.96 Å². The maximum absolute atomic E-state index is 5.78. The molecule has 96 valence electrons. The van der Waals surface area contributed by atoms with Gasteiger partial charge in [-0.15, -0.1) is 0 Å². The van der Waals surface area contributed by atoms with Gasteiger partial charge in [-0.2, -0.15) is 0 Å². The van der Waals surface area contributed by atoms with Crippen molar-refractivity contribution in [3.63, 3.8) is 0 Å². The molecule has 5 heteroatoms. The molecule has 0 spiro atoms. The highest BCUT2D eigenvalue weighted by Crippen LogP contribution is 2.09. The molecule has 0 heterocycles. The Bertz CT molecular complexity index is 226. The molecule has 0 aromatic carbocycles. The minimum absolute atomic E-state index is 0.0107. The average Bonchev–Trinajstić information content (AvgIpc) is 2.15. The van der Waals surface area contributed by atoms with E-state index in [0.717, 1.165) is 0 Å². The zero-order valence-corrected chi connectivity index (χ0v) is 11.4. The number of likely N-dealkylation sites (N-methyl/N-ethyl adjacent to an activating group) is 1. The number of ether oxygens (including phenoxy) is 1. The molecule has 0 aromatic heterocycles. The predicted octanol–water partition coefficient (Wildman–Crippen LogP) is 0.266. The number of nitrogens with one attached hydrogen (secondary N) is 1. The van der Waals surface area contributed by atoms with Crippen LogP contribution in [0.15, 0.2) is 4.99 Å². The second-order valence-corrected chi connectivity index (χ2v) is 4.91. The van der Waals surface area contributed by atoms with Crippen molar-refractivity contribution in [2.45, 2.75) is 32.4 Å². The fourth-order valence-electron chi connectivity index (χ4n) is 1.01. The second kappa shape index (κ2) is 6.70. The van der Waals surface area contributed by atoms with Gasteiger partial charge in [0, 0.05) is 18.7 Å². The number of methoxy groups -OCH3 is 1. The van der Waals surface area contributed by atoms with E-state index < -0.39 is 0 Å². The van der Waals surface area contributed by atoms with Gasteiger partial charge < -0.3 is 20.7 Å². The van der Waals surface area contributed by atoms with Gasteiger partial charge in [-0.1, -0.05) is 0 Å². The van der Waals surface area contributed by atoms with E-state index in [4.69, 9.17) is 10.5 Å². The highest BCUT2D eigenvalue weighted by molar-refractivity contribution is 5.78. The number of hydrogen-bond donors (Lipinski definition) is 2. The van der Waals surface area contributed by atoms with Crippen LogP contribution in [0, 0.1) is 0 Å². The van der Waals surface area contributed by atoms with Gasteiger partial charge in [0.1, 0.15) is 0 Å². The molecule has 0 aliphatic carbocycles. The molecule has 0 radical (unpaired) electrons. The van der Waals surface area contributed by atoms with Crippen LogP contribution in [0.25, 0.3) is 0 Å². The van der Waals surface area contributed by atoms with Gasteiger partial charge in [0.2, 0.25) is 0 Å². The smallest absolute Gasteiger partial charge is 0.188 e. The molecule has 16 heavy (non-hydrogen) atoms. The third-order valence-electron chi connectivity index (χ3n) is 2.66. The van der Waals surface area contributed by atoms with Crippen LogP contribution in [-0.2, 0) is 4.74 Å². The Labute approximate surface area is 99.0 Å². The molecule has 0 aliphatic heterocycles. The Morgan fingerprint density at radius 2 is 2.06 bits per heavy atom. The molecule has 5 nitrogen and oxygen atoms in total. The molecule has 1 atom stereocenters. The number of nitrogens with zero attached hydrogens (tertiary/aromatic N) is 2. The van der Waals surface area contributed by atoms with Gasteiger partial charge in [-0.05, 0) is 34.9 Å². The van der Waals surface area contributed by atoms with Crippen LogP contribution >= 0.6 is 0 Å². The van der Waals surface area contributed by atoms with E-state index in [1.165, 1.54) is 0 Å². The summed E-state index contributed by atoms with van der Waals surface area (Å²) in [5.41, 5.74) is 5.79. The zero-order valence-electron chi connectivity index (χ0n) is 11.4. The summed E-state index contributed by atoms with van der Waals surface area (Å²) in [4.78, 5) is 6.45. The lowest BCUT2D eigenvalue weighted by atomic mass is 10.1. The highest BCUT2D eigenvalue weighted by Gasteiger charge is 2.19. The molecule has 0 aliphatic rings. The molecule has 0 saturated heterocycles. The van der Waals surface area contributed by atoms with Gasteiger partial charge in [0.15, 0.2) is 5.96 Å². The quantitative estimate of drug-likeness (QED) is 0.508. The average molecular weight is 230 g/mol. The predicted molar refractivity (Wildman–Crippen MR) is 68.7 cm³/mol. The molecule has 0 aromatic rings. The van der Waals surface area contributed by atoms with Gasteiger partial charge >= 0.3 is 0 Å². The second-order valence-electron chi connectivity index (χ2n) is 4.91. The molecule has 0 rings (SSSR count). The van der Waals surface area contributed by atoms with E-state index in [9.17, 15) is 0 Å². The first-order chi connectivity index (χ1) is 7.29. The number of hydrogen-bond acceptors (Lipinski definition) is 3. The summed E-state index contributed by atoms with van der Waals surface area (Å²) in [6, 6.07) is 0.177. The highest BCUT2D eigenvalue weighted by atomic mass is 16.5. The van der Waals surface area contributed by atoms with Crippen molar-refractivity contribution in [1.82, 2.24) is 10.2 Å². The summed E-state index contributed by atoms with van der Waals surface area (Å²) in [5, 5.41) is 3.08. The number of aliphatic imine (C=N–C) groups is 1. The molecule has 0 bridgehead atoms. The maximum Gasteiger partial charge on any atom is 0.188 e. The van der Waals surface area contributed by atoms with Crippen LogP contribution in [0.3, 0.4) is 0 Å². The maximum atomic E-state index is 5.78. The Morgan fingerprint density at radius 1 is 1.50 bits per heavy atom. The topological polar surface area (TPSA) is 62.9 Å². The van der Waals surface area contributed by atoms with Gasteiger partial charge in [0.05, 0.1) is 13.2 Å². The minimum Gasteiger partial charge on any atom is -0.383 e. The summed E-state index contributed by atoms with van der Waals surface area (Å²) < 4.78 is 5.01. The van der Waals surface area contributed by atoms with Crippen LogP contribution in [-0.4, -0.2) is 56.8 Å². The van der Waals surface area contributed by atoms with Crippen LogP contribution in [0.2, 0.25) is 0 Å². The molecule has 0 fully saturated rings. The summed E-state index contributed by atoms with van der Waals surface area (Å²) in [6.45, 7) is 7.54. The Morgan fingerprint density at radius 3 is 2.50 bits per heavy atom. The molecule has 3 N–H and O–H groups in total. The van der Waals surface area contributed by atoms with Crippen molar-refractivity contribution in [1.29, 1.82) is 0 Å². The first kappa shape index (κ1) is 15.2. The van der Waals surface area contributed by atoms with E-state index in [2.05, 4.69) is 29.1 Å². The van der Waals surface area contributed by atoms with E-state index in [1.54, 1.807) is 7.11 Å². The molecular formula is C11H26N4O. The molecular weight excluding hydrogens is 204 g/mol.